The predicted octanol–water partition coefficient (Wildman–Crippen LogP) is 4.58. The first-order valence-corrected chi connectivity index (χ1v) is 7.44. The van der Waals surface area contributed by atoms with Crippen molar-refractivity contribution in [1.82, 2.24) is 5.32 Å². The molecule has 0 saturated heterocycles. The molecule has 0 radical (unpaired) electrons. The molecule has 0 fully saturated rings. The molecule has 0 aromatic heterocycles. The summed E-state index contributed by atoms with van der Waals surface area (Å²) in [6.45, 7) is 8.93. The fraction of sp³-hybridized carbons (Fsp3) is 0.600. The van der Waals surface area contributed by atoms with Crippen LogP contribution in [0.15, 0.2) is 28.7 Å². The summed E-state index contributed by atoms with van der Waals surface area (Å²) in [7, 11) is 0. The van der Waals surface area contributed by atoms with Crippen LogP contribution in [0, 0.1) is 5.92 Å². The Hall–Kier alpha value is -0.340. The zero-order valence-corrected chi connectivity index (χ0v) is 12.8. The van der Waals surface area contributed by atoms with E-state index in [1.807, 2.05) is 0 Å². The van der Waals surface area contributed by atoms with Gasteiger partial charge in [0.15, 0.2) is 0 Å². The van der Waals surface area contributed by atoms with Crippen LogP contribution in [0.2, 0.25) is 0 Å². The van der Waals surface area contributed by atoms with Gasteiger partial charge in [-0.1, -0.05) is 61.7 Å². The van der Waals surface area contributed by atoms with E-state index in [2.05, 4.69) is 66.3 Å². The van der Waals surface area contributed by atoms with Crippen molar-refractivity contribution >= 4 is 15.9 Å². The highest BCUT2D eigenvalue weighted by atomic mass is 79.9. The minimum absolute atomic E-state index is 0.628. The van der Waals surface area contributed by atoms with Gasteiger partial charge in [-0.05, 0) is 36.1 Å². The molecule has 1 aromatic rings. The number of hydrogen-bond donors (Lipinski definition) is 1. The average Bonchev–Trinajstić information content (AvgIpc) is 2.32. The Morgan fingerprint density at radius 1 is 1.18 bits per heavy atom. The molecule has 2 atom stereocenters. The molecule has 1 aromatic carbocycles. The van der Waals surface area contributed by atoms with Gasteiger partial charge in [0, 0.05) is 11.0 Å². The van der Waals surface area contributed by atoms with Crippen molar-refractivity contribution in [1.29, 1.82) is 0 Å². The van der Waals surface area contributed by atoms with E-state index in [4.69, 9.17) is 0 Å². The SMILES string of the molecule is CCCC(C)C(CNCC)c1ccc(Br)cc1. The van der Waals surface area contributed by atoms with Crippen molar-refractivity contribution in [2.45, 2.75) is 39.5 Å². The van der Waals surface area contributed by atoms with Gasteiger partial charge < -0.3 is 5.32 Å². The van der Waals surface area contributed by atoms with Crippen molar-refractivity contribution in [3.63, 3.8) is 0 Å². The molecule has 0 aliphatic heterocycles. The molecule has 96 valence electrons. The van der Waals surface area contributed by atoms with Gasteiger partial charge in [-0.15, -0.1) is 0 Å². The number of nitrogens with one attached hydrogen (secondary N) is 1. The fourth-order valence-corrected chi connectivity index (χ4v) is 2.58. The fourth-order valence-electron chi connectivity index (χ4n) is 2.31. The molecule has 1 rings (SSSR count). The highest BCUT2D eigenvalue weighted by Crippen LogP contribution is 2.28. The van der Waals surface area contributed by atoms with E-state index >= 15 is 0 Å². The Bertz CT molecular complexity index is 307. The van der Waals surface area contributed by atoms with Crippen LogP contribution >= 0.6 is 15.9 Å². The number of hydrogen-bond acceptors (Lipinski definition) is 1. The third-order valence-corrected chi connectivity index (χ3v) is 3.87. The maximum Gasteiger partial charge on any atom is 0.0175 e. The van der Waals surface area contributed by atoms with Gasteiger partial charge in [0.1, 0.15) is 0 Å². The van der Waals surface area contributed by atoms with Gasteiger partial charge in [-0.25, -0.2) is 0 Å². The van der Waals surface area contributed by atoms with Crippen LogP contribution in [0.4, 0.5) is 0 Å². The van der Waals surface area contributed by atoms with Crippen LogP contribution < -0.4 is 5.32 Å². The monoisotopic (exact) mass is 297 g/mol. The molecule has 0 saturated carbocycles. The van der Waals surface area contributed by atoms with E-state index in [9.17, 15) is 0 Å². The van der Waals surface area contributed by atoms with Crippen LogP contribution in [0.5, 0.6) is 0 Å². The molecule has 17 heavy (non-hydrogen) atoms. The van der Waals surface area contributed by atoms with Crippen LogP contribution in [-0.2, 0) is 0 Å². The normalized spacial score (nSPS) is 14.6. The van der Waals surface area contributed by atoms with Gasteiger partial charge >= 0.3 is 0 Å². The Labute approximate surface area is 114 Å². The van der Waals surface area contributed by atoms with E-state index in [0.717, 1.165) is 23.5 Å². The Balaban J connectivity index is 2.77. The molecule has 0 amide bonds. The minimum Gasteiger partial charge on any atom is -0.316 e. The molecular weight excluding hydrogens is 274 g/mol. The maximum atomic E-state index is 3.50. The summed E-state index contributed by atoms with van der Waals surface area (Å²) in [5.74, 6) is 1.36. The lowest BCUT2D eigenvalue weighted by Gasteiger charge is -2.24. The largest absolute Gasteiger partial charge is 0.316 e. The number of likely N-dealkylation sites (N-methyl/N-ethyl adjacent to an activating group) is 1. The third kappa shape index (κ3) is 4.81. The molecule has 0 heterocycles. The van der Waals surface area contributed by atoms with Crippen LogP contribution in [0.25, 0.3) is 0 Å². The lowest BCUT2D eigenvalue weighted by molar-refractivity contribution is 0.407. The van der Waals surface area contributed by atoms with Gasteiger partial charge in [0.05, 0.1) is 0 Å². The third-order valence-electron chi connectivity index (χ3n) is 3.34. The van der Waals surface area contributed by atoms with Gasteiger partial charge in [-0.2, -0.15) is 0 Å². The van der Waals surface area contributed by atoms with E-state index in [1.54, 1.807) is 0 Å². The number of benzene rings is 1. The van der Waals surface area contributed by atoms with E-state index < -0.39 is 0 Å². The van der Waals surface area contributed by atoms with Gasteiger partial charge in [0.25, 0.3) is 0 Å². The highest BCUT2D eigenvalue weighted by molar-refractivity contribution is 9.10. The number of rotatable bonds is 7. The van der Waals surface area contributed by atoms with Crippen LogP contribution in [-0.4, -0.2) is 13.1 Å². The Morgan fingerprint density at radius 2 is 1.82 bits per heavy atom. The zero-order valence-electron chi connectivity index (χ0n) is 11.2. The second-order valence-corrected chi connectivity index (χ2v) is 5.65. The van der Waals surface area contributed by atoms with Gasteiger partial charge in [-0.3, -0.25) is 0 Å². The van der Waals surface area contributed by atoms with Crippen molar-refractivity contribution in [2.75, 3.05) is 13.1 Å². The molecule has 0 aliphatic rings. The van der Waals surface area contributed by atoms with Crippen LogP contribution in [0.1, 0.15) is 45.1 Å². The lowest BCUT2D eigenvalue weighted by Crippen LogP contribution is -2.25. The quantitative estimate of drug-likeness (QED) is 0.777. The molecule has 0 spiro atoms. The smallest absolute Gasteiger partial charge is 0.0175 e. The second kappa shape index (κ2) is 7.88. The summed E-state index contributed by atoms with van der Waals surface area (Å²) in [4.78, 5) is 0. The van der Waals surface area contributed by atoms with Crippen molar-refractivity contribution in [2.24, 2.45) is 5.92 Å². The predicted molar refractivity (Wildman–Crippen MR) is 79.5 cm³/mol. The lowest BCUT2D eigenvalue weighted by atomic mass is 9.84. The molecule has 2 heteroatoms. The van der Waals surface area contributed by atoms with Crippen molar-refractivity contribution in [3.05, 3.63) is 34.3 Å². The van der Waals surface area contributed by atoms with E-state index in [0.29, 0.717) is 5.92 Å². The van der Waals surface area contributed by atoms with E-state index in [1.165, 1.54) is 18.4 Å². The van der Waals surface area contributed by atoms with E-state index in [-0.39, 0.29) is 0 Å². The number of halogens is 1. The summed E-state index contributed by atoms with van der Waals surface area (Å²) in [6, 6.07) is 8.79. The first-order chi connectivity index (χ1) is 8.19. The molecule has 0 aliphatic carbocycles. The second-order valence-electron chi connectivity index (χ2n) is 4.73. The van der Waals surface area contributed by atoms with Crippen molar-refractivity contribution < 1.29 is 0 Å². The summed E-state index contributed by atoms with van der Waals surface area (Å²) >= 11 is 3.50. The Morgan fingerprint density at radius 3 is 2.35 bits per heavy atom. The molecular formula is C15H24BrN. The van der Waals surface area contributed by atoms with Crippen LogP contribution in [0.3, 0.4) is 0 Å². The first-order valence-electron chi connectivity index (χ1n) is 6.65. The molecule has 1 nitrogen and oxygen atoms in total. The first kappa shape index (κ1) is 14.7. The topological polar surface area (TPSA) is 12.0 Å². The summed E-state index contributed by atoms with van der Waals surface area (Å²) < 4.78 is 1.16. The minimum atomic E-state index is 0.628. The average molecular weight is 298 g/mol. The van der Waals surface area contributed by atoms with Gasteiger partial charge in [0.2, 0.25) is 0 Å². The summed E-state index contributed by atoms with van der Waals surface area (Å²) in [5, 5.41) is 3.49. The maximum absolute atomic E-state index is 3.50. The standard InChI is InChI=1S/C15H24BrN/c1-4-6-12(3)15(11-17-5-2)13-7-9-14(16)10-8-13/h7-10,12,15,17H,4-6,11H2,1-3H3. The molecule has 0 bridgehead atoms. The summed E-state index contributed by atoms with van der Waals surface area (Å²) in [6.07, 6.45) is 2.56. The van der Waals surface area contributed by atoms with Crippen molar-refractivity contribution in [3.8, 4) is 0 Å². The summed E-state index contributed by atoms with van der Waals surface area (Å²) in [5.41, 5.74) is 1.45. The molecule has 1 N–H and O–H groups in total. The molecule has 2 unspecified atom stereocenters. The zero-order chi connectivity index (χ0) is 12.7. The Kier molecular flexibility index (Phi) is 6.83. The highest BCUT2D eigenvalue weighted by Gasteiger charge is 2.18.